The lowest BCUT2D eigenvalue weighted by Crippen LogP contribution is -2.31. The van der Waals surface area contributed by atoms with E-state index in [1.54, 1.807) is 17.0 Å². The number of aliphatic hydroxyl groups excluding tert-OH is 1. The summed E-state index contributed by atoms with van der Waals surface area (Å²) >= 11 is 0. The van der Waals surface area contributed by atoms with E-state index in [4.69, 9.17) is 14.2 Å². The van der Waals surface area contributed by atoms with Crippen molar-refractivity contribution in [1.29, 1.82) is 0 Å². The number of imidazole rings is 1. The van der Waals surface area contributed by atoms with E-state index in [2.05, 4.69) is 21.9 Å². The molecule has 1 N–H and O–H groups in total. The Morgan fingerprint density at radius 2 is 1.87 bits per heavy atom. The Kier molecular flexibility index (Phi) is 6.18. The summed E-state index contributed by atoms with van der Waals surface area (Å²) in [4.78, 5) is 19.9. The van der Waals surface area contributed by atoms with Gasteiger partial charge >= 0.3 is 0 Å². The number of anilines is 1. The van der Waals surface area contributed by atoms with Crippen molar-refractivity contribution in [2.75, 3.05) is 12.0 Å². The maximum absolute atomic E-state index is 14.7. The first-order valence-electron chi connectivity index (χ1n) is 13.1. The Hall–Kier alpha value is -3.72. The lowest BCUT2D eigenvalue weighted by Gasteiger charge is -2.31. The number of benzene rings is 2. The number of fused-ring (bicyclic) bond motifs is 1. The number of aryl methyl sites for hydroxylation is 2. The van der Waals surface area contributed by atoms with Crippen LogP contribution >= 0.6 is 0 Å². The number of aliphatic hydroxyl groups is 1. The SMILES string of the molecule is COc1ccc(N2C(=O)CCC2c2nc3cc(-c4c(C)noc4C)ccc3n2C2CCC(O)CC2)cc1F. The van der Waals surface area contributed by atoms with Crippen molar-refractivity contribution >= 4 is 22.6 Å². The van der Waals surface area contributed by atoms with Crippen LogP contribution in [0.2, 0.25) is 0 Å². The number of nitrogens with zero attached hydrogens (tertiary/aromatic N) is 4. The molecule has 2 fully saturated rings. The molecule has 9 heteroatoms. The minimum atomic E-state index is -0.512. The topological polar surface area (TPSA) is 93.6 Å². The third-order valence-corrected chi connectivity index (χ3v) is 7.99. The molecule has 1 atom stereocenters. The normalized spacial score (nSPS) is 22.0. The third kappa shape index (κ3) is 4.05. The van der Waals surface area contributed by atoms with Crippen molar-refractivity contribution in [3.05, 3.63) is 59.5 Å². The number of hydrogen-bond acceptors (Lipinski definition) is 6. The fraction of sp³-hybridized carbons (Fsp3) is 0.414. The molecule has 0 radical (unpaired) electrons. The smallest absolute Gasteiger partial charge is 0.227 e. The maximum Gasteiger partial charge on any atom is 0.227 e. The number of amides is 1. The summed E-state index contributed by atoms with van der Waals surface area (Å²) in [5, 5.41) is 14.3. The van der Waals surface area contributed by atoms with Crippen molar-refractivity contribution < 1.29 is 23.6 Å². The zero-order valence-electron chi connectivity index (χ0n) is 21.8. The number of carbonyl (C=O) groups is 1. The highest BCUT2D eigenvalue weighted by Gasteiger charge is 2.38. The summed E-state index contributed by atoms with van der Waals surface area (Å²) in [5.74, 6) is 1.10. The van der Waals surface area contributed by atoms with Gasteiger partial charge in [-0.2, -0.15) is 0 Å². The van der Waals surface area contributed by atoms with Crippen molar-refractivity contribution in [1.82, 2.24) is 14.7 Å². The summed E-state index contributed by atoms with van der Waals surface area (Å²) < 4.78 is 27.4. The minimum absolute atomic E-state index is 0.0614. The number of rotatable bonds is 5. The molecular weight excluding hydrogens is 487 g/mol. The molecule has 6 rings (SSSR count). The van der Waals surface area contributed by atoms with Crippen molar-refractivity contribution in [3.8, 4) is 16.9 Å². The van der Waals surface area contributed by atoms with E-state index in [1.165, 1.54) is 13.2 Å². The Labute approximate surface area is 220 Å². The molecule has 3 heterocycles. The fourth-order valence-electron chi connectivity index (χ4n) is 6.16. The second kappa shape index (κ2) is 9.54. The Morgan fingerprint density at radius 3 is 2.55 bits per heavy atom. The highest BCUT2D eigenvalue weighted by atomic mass is 19.1. The van der Waals surface area contributed by atoms with Crippen LogP contribution in [-0.2, 0) is 4.79 Å². The molecule has 8 nitrogen and oxygen atoms in total. The average molecular weight is 519 g/mol. The van der Waals surface area contributed by atoms with Crippen molar-refractivity contribution in [2.45, 2.75) is 70.6 Å². The van der Waals surface area contributed by atoms with Crippen LogP contribution in [0.15, 0.2) is 40.9 Å². The van der Waals surface area contributed by atoms with E-state index in [-0.39, 0.29) is 29.8 Å². The van der Waals surface area contributed by atoms with Crippen LogP contribution in [0.4, 0.5) is 10.1 Å². The van der Waals surface area contributed by atoms with Crippen LogP contribution in [0.25, 0.3) is 22.2 Å². The van der Waals surface area contributed by atoms with Gasteiger partial charge in [0.15, 0.2) is 11.6 Å². The first-order chi connectivity index (χ1) is 18.4. The molecule has 4 aromatic rings. The molecule has 1 unspecified atom stereocenters. The van der Waals surface area contributed by atoms with Gasteiger partial charge in [-0.1, -0.05) is 11.2 Å². The highest BCUT2D eigenvalue weighted by Crippen LogP contribution is 2.42. The van der Waals surface area contributed by atoms with E-state index in [9.17, 15) is 14.3 Å². The molecule has 38 heavy (non-hydrogen) atoms. The maximum atomic E-state index is 14.7. The number of ether oxygens (including phenoxy) is 1. The first kappa shape index (κ1) is 24.6. The van der Waals surface area contributed by atoms with E-state index in [0.717, 1.165) is 65.1 Å². The zero-order valence-corrected chi connectivity index (χ0v) is 21.8. The third-order valence-electron chi connectivity index (χ3n) is 7.99. The van der Waals surface area contributed by atoms with Crippen LogP contribution in [-0.4, -0.2) is 38.9 Å². The van der Waals surface area contributed by atoms with Crippen LogP contribution in [0, 0.1) is 19.7 Å². The molecule has 2 aliphatic rings. The van der Waals surface area contributed by atoms with E-state index in [0.29, 0.717) is 18.5 Å². The van der Waals surface area contributed by atoms with E-state index >= 15 is 0 Å². The van der Waals surface area contributed by atoms with Gasteiger partial charge in [-0.3, -0.25) is 4.79 Å². The summed E-state index contributed by atoms with van der Waals surface area (Å²) in [7, 11) is 1.42. The predicted molar refractivity (Wildman–Crippen MR) is 141 cm³/mol. The van der Waals surface area contributed by atoms with Gasteiger partial charge in [0.05, 0.1) is 36.0 Å². The largest absolute Gasteiger partial charge is 0.494 e. The molecule has 1 saturated heterocycles. The average Bonchev–Trinajstić information content (AvgIpc) is 3.58. The predicted octanol–water partition coefficient (Wildman–Crippen LogP) is 5.80. The summed E-state index contributed by atoms with van der Waals surface area (Å²) in [6.45, 7) is 3.82. The second-order valence-electron chi connectivity index (χ2n) is 10.3. The van der Waals surface area contributed by atoms with Gasteiger partial charge in [-0.15, -0.1) is 0 Å². The van der Waals surface area contributed by atoms with Gasteiger partial charge in [0.25, 0.3) is 0 Å². The summed E-state index contributed by atoms with van der Waals surface area (Å²) in [6, 6.07) is 10.6. The molecule has 0 bridgehead atoms. The molecule has 2 aromatic carbocycles. The van der Waals surface area contributed by atoms with Crippen molar-refractivity contribution in [2.24, 2.45) is 0 Å². The second-order valence-corrected chi connectivity index (χ2v) is 10.3. The number of methoxy groups -OCH3 is 1. The summed E-state index contributed by atoms with van der Waals surface area (Å²) in [6.07, 6.45) is 3.74. The van der Waals surface area contributed by atoms with Crippen LogP contribution < -0.4 is 9.64 Å². The van der Waals surface area contributed by atoms with Gasteiger partial charge < -0.3 is 23.8 Å². The van der Waals surface area contributed by atoms with E-state index < -0.39 is 5.82 Å². The van der Waals surface area contributed by atoms with Gasteiger partial charge in [0.2, 0.25) is 5.91 Å². The van der Waals surface area contributed by atoms with Gasteiger partial charge in [-0.05, 0) is 75.8 Å². The Bertz CT molecular complexity index is 1500. The number of aromatic nitrogens is 3. The Morgan fingerprint density at radius 1 is 1.08 bits per heavy atom. The van der Waals surface area contributed by atoms with Gasteiger partial charge in [0, 0.05) is 29.8 Å². The summed E-state index contributed by atoms with van der Waals surface area (Å²) in [5.41, 5.74) is 5.04. The molecule has 1 aliphatic carbocycles. The molecule has 1 aliphatic heterocycles. The number of halogens is 1. The highest BCUT2D eigenvalue weighted by molar-refractivity contribution is 5.96. The van der Waals surface area contributed by atoms with Crippen LogP contribution in [0.5, 0.6) is 5.75 Å². The van der Waals surface area contributed by atoms with Crippen molar-refractivity contribution in [3.63, 3.8) is 0 Å². The monoisotopic (exact) mass is 518 g/mol. The molecule has 0 spiro atoms. The molecule has 198 valence electrons. The minimum Gasteiger partial charge on any atom is -0.494 e. The number of hydrogen-bond donors (Lipinski definition) is 1. The first-order valence-corrected chi connectivity index (χ1v) is 13.1. The number of carbonyl (C=O) groups excluding carboxylic acids is 1. The molecule has 1 amide bonds. The van der Waals surface area contributed by atoms with Crippen LogP contribution in [0.1, 0.15) is 67.9 Å². The lowest BCUT2D eigenvalue weighted by molar-refractivity contribution is -0.117. The quantitative estimate of drug-likeness (QED) is 0.359. The lowest BCUT2D eigenvalue weighted by atomic mass is 9.92. The molecule has 2 aromatic heterocycles. The van der Waals surface area contributed by atoms with Crippen LogP contribution in [0.3, 0.4) is 0 Å². The zero-order chi connectivity index (χ0) is 26.6. The Balaban J connectivity index is 1.49. The van der Waals surface area contributed by atoms with E-state index in [1.807, 2.05) is 19.9 Å². The molecule has 1 saturated carbocycles. The fourth-order valence-corrected chi connectivity index (χ4v) is 6.16. The molecular formula is C29H31FN4O4. The van der Waals surface area contributed by atoms with Gasteiger partial charge in [0.1, 0.15) is 11.6 Å². The standard InChI is InChI=1S/C29H31FN4O4/c1-16-28(17(2)38-32-16)18-4-10-24-23(14-18)31-29(34(24)19-5-8-21(35)9-6-19)25-11-13-27(36)33(25)20-7-12-26(37-3)22(30)15-20/h4,7,10,12,14-15,19,21,25,35H,5-6,8-9,11,13H2,1-3H3. The van der Waals surface area contributed by atoms with Gasteiger partial charge in [-0.25, -0.2) is 9.37 Å².